The van der Waals surface area contributed by atoms with Crippen molar-refractivity contribution < 1.29 is 26.2 Å². The average molecular weight is 474 g/mol. The molecule has 154 valence electrons. The molecule has 0 amide bonds. The summed E-state index contributed by atoms with van der Waals surface area (Å²) in [5.74, 6) is 1.56. The number of aryl methyl sites for hydroxylation is 1. The van der Waals surface area contributed by atoms with Crippen molar-refractivity contribution in [3.05, 3.63) is 69.6 Å². The van der Waals surface area contributed by atoms with E-state index in [0.717, 1.165) is 11.8 Å². The van der Waals surface area contributed by atoms with Crippen LogP contribution < -0.4 is 10.4 Å². The second-order valence-electron chi connectivity index (χ2n) is 9.63. The summed E-state index contributed by atoms with van der Waals surface area (Å²) in [7, 11) is 0. The van der Waals surface area contributed by atoms with E-state index >= 15 is 0 Å². The number of benzene rings is 2. The first-order valence-electron chi connectivity index (χ1n) is 11.9. The minimum atomic E-state index is 0. The molecular formula is C29H34Zr. The molecule has 0 aromatic heterocycles. The van der Waals surface area contributed by atoms with Gasteiger partial charge in [-0.25, -0.2) is 0 Å². The zero-order valence-electron chi connectivity index (χ0n) is 18.4. The number of hydrogen-bond donors (Lipinski definition) is 0. The maximum Gasteiger partial charge on any atom is 0 e. The third-order valence-electron chi connectivity index (χ3n) is 7.37. The molecular weight excluding hydrogens is 440 g/mol. The molecule has 2 aromatic rings. The molecule has 0 radical (unpaired) electrons. The first kappa shape index (κ1) is 22.0. The Hall–Kier alpha value is -1.20. The maximum atomic E-state index is 2.55. The summed E-state index contributed by atoms with van der Waals surface area (Å²) >= 11 is 0. The zero-order valence-corrected chi connectivity index (χ0v) is 20.9. The van der Waals surface area contributed by atoms with E-state index in [1.807, 2.05) is 0 Å². The van der Waals surface area contributed by atoms with Crippen LogP contribution in [0.15, 0.2) is 48.0 Å². The van der Waals surface area contributed by atoms with E-state index in [4.69, 9.17) is 0 Å². The van der Waals surface area contributed by atoms with Gasteiger partial charge in [-0.05, 0) is 94.9 Å². The van der Waals surface area contributed by atoms with Gasteiger partial charge >= 0.3 is 0 Å². The first-order valence-corrected chi connectivity index (χ1v) is 11.9. The van der Waals surface area contributed by atoms with Crippen LogP contribution in [-0.2, 0) is 26.2 Å². The van der Waals surface area contributed by atoms with Crippen LogP contribution in [0.1, 0.15) is 81.3 Å². The van der Waals surface area contributed by atoms with Crippen LogP contribution in [0.2, 0.25) is 0 Å². The summed E-state index contributed by atoms with van der Waals surface area (Å²) in [4.78, 5) is 0. The fourth-order valence-corrected chi connectivity index (χ4v) is 5.77. The van der Waals surface area contributed by atoms with Gasteiger partial charge in [0.1, 0.15) is 0 Å². The molecule has 0 saturated heterocycles. The van der Waals surface area contributed by atoms with Gasteiger partial charge < -0.3 is 0 Å². The summed E-state index contributed by atoms with van der Waals surface area (Å²) in [5.41, 5.74) is 7.11. The second-order valence-corrected chi connectivity index (χ2v) is 9.63. The Bertz CT molecular complexity index is 1010. The summed E-state index contributed by atoms with van der Waals surface area (Å²) in [6.07, 6.45) is 21.3. The summed E-state index contributed by atoms with van der Waals surface area (Å²) < 4.78 is 0. The average Bonchev–Trinajstić information content (AvgIpc) is 3.16. The van der Waals surface area contributed by atoms with Crippen LogP contribution in [0.3, 0.4) is 0 Å². The molecule has 2 aromatic carbocycles. The predicted molar refractivity (Wildman–Crippen MR) is 125 cm³/mol. The Morgan fingerprint density at radius 1 is 0.767 bits per heavy atom. The molecule has 0 heterocycles. The Morgan fingerprint density at radius 2 is 1.43 bits per heavy atom. The van der Waals surface area contributed by atoms with Crippen molar-refractivity contribution in [3.63, 3.8) is 0 Å². The fourth-order valence-electron chi connectivity index (χ4n) is 5.77. The largest absolute Gasteiger partial charge is 0.0741 e. The van der Waals surface area contributed by atoms with E-state index in [0.29, 0.717) is 0 Å². The molecule has 30 heavy (non-hydrogen) atoms. The Morgan fingerprint density at radius 3 is 2.13 bits per heavy atom. The third-order valence-corrected chi connectivity index (χ3v) is 7.37. The summed E-state index contributed by atoms with van der Waals surface area (Å²) in [6, 6.07) is 14.3. The van der Waals surface area contributed by atoms with Crippen LogP contribution in [0.4, 0.5) is 0 Å². The van der Waals surface area contributed by atoms with Crippen molar-refractivity contribution in [1.29, 1.82) is 0 Å². The van der Waals surface area contributed by atoms with Gasteiger partial charge in [-0.2, -0.15) is 0 Å². The first-order chi connectivity index (χ1) is 14.3. The van der Waals surface area contributed by atoms with Gasteiger partial charge in [-0.1, -0.05) is 81.0 Å². The quantitative estimate of drug-likeness (QED) is 0.460. The topological polar surface area (TPSA) is 0 Å². The molecule has 2 fully saturated rings. The third kappa shape index (κ3) is 4.83. The van der Waals surface area contributed by atoms with Crippen molar-refractivity contribution in [1.82, 2.24) is 0 Å². The van der Waals surface area contributed by atoms with E-state index in [1.165, 1.54) is 96.9 Å². The van der Waals surface area contributed by atoms with Gasteiger partial charge in [0.15, 0.2) is 0 Å². The molecule has 0 bridgehead atoms. The summed E-state index contributed by atoms with van der Waals surface area (Å²) in [5, 5.41) is 2.82. The Labute approximate surface area is 201 Å². The van der Waals surface area contributed by atoms with Gasteiger partial charge in [0.2, 0.25) is 0 Å². The Balaban J connectivity index is 0.00000218. The van der Waals surface area contributed by atoms with Crippen molar-refractivity contribution >= 4 is 12.2 Å². The fraction of sp³-hybridized carbons (Fsp3) is 0.448. The summed E-state index contributed by atoms with van der Waals surface area (Å²) in [6.45, 7) is 2.23. The van der Waals surface area contributed by atoms with E-state index < -0.39 is 0 Å². The van der Waals surface area contributed by atoms with E-state index in [9.17, 15) is 0 Å². The van der Waals surface area contributed by atoms with E-state index in [-0.39, 0.29) is 26.2 Å². The van der Waals surface area contributed by atoms with Crippen LogP contribution in [0.5, 0.6) is 0 Å². The van der Waals surface area contributed by atoms with Gasteiger partial charge in [-0.15, -0.1) is 0 Å². The van der Waals surface area contributed by atoms with E-state index in [2.05, 4.69) is 61.5 Å². The monoisotopic (exact) mass is 472 g/mol. The number of fused-ring (bicyclic) bond motifs is 1. The molecule has 0 N–H and O–H groups in total. The van der Waals surface area contributed by atoms with Crippen molar-refractivity contribution in [2.75, 3.05) is 0 Å². The van der Waals surface area contributed by atoms with Crippen molar-refractivity contribution in [2.45, 2.75) is 77.0 Å². The zero-order chi connectivity index (χ0) is 19.6. The van der Waals surface area contributed by atoms with Gasteiger partial charge in [0, 0.05) is 26.2 Å². The molecule has 2 saturated carbocycles. The van der Waals surface area contributed by atoms with Gasteiger partial charge in [0.25, 0.3) is 0 Å². The second kappa shape index (κ2) is 9.95. The number of allylic oxidation sites excluding steroid dienone is 2. The minimum Gasteiger partial charge on any atom is -0.0741 e. The maximum absolute atomic E-state index is 2.55. The van der Waals surface area contributed by atoms with Crippen LogP contribution >= 0.6 is 0 Å². The van der Waals surface area contributed by atoms with Crippen molar-refractivity contribution in [2.24, 2.45) is 5.92 Å². The molecule has 5 rings (SSSR count). The van der Waals surface area contributed by atoms with Crippen LogP contribution in [-0.4, -0.2) is 0 Å². The standard InChI is InChI=1S/C29H34.Zr/c1-21-16-27-19-23(18-22-8-4-2-5-9-22)20-29(27)28(17-21)26-14-12-25(13-15-26)24-10-6-3-7-11-24;/h12-20,22,24H,2-11H2,1H3;. The van der Waals surface area contributed by atoms with Crippen LogP contribution in [0, 0.1) is 12.8 Å². The van der Waals surface area contributed by atoms with Crippen molar-refractivity contribution in [3.8, 4) is 11.1 Å². The van der Waals surface area contributed by atoms with Gasteiger partial charge in [-0.3, -0.25) is 0 Å². The molecule has 3 aliphatic rings. The SMILES string of the molecule is Cc1cc(-c2ccc(C3CCCCC3)cc2)c2c(c1)=CC(=CC1CCCCC1)C=2.[Zr]. The number of rotatable bonds is 3. The normalized spacial score (nSPS) is 20.9. The van der Waals surface area contributed by atoms with Crippen LogP contribution in [0.25, 0.3) is 23.3 Å². The van der Waals surface area contributed by atoms with E-state index in [1.54, 1.807) is 5.56 Å². The smallest absolute Gasteiger partial charge is 0 e. The Kier molecular flexibility index (Phi) is 7.30. The van der Waals surface area contributed by atoms with Gasteiger partial charge in [0.05, 0.1) is 0 Å². The molecule has 0 unspecified atom stereocenters. The molecule has 0 atom stereocenters. The number of hydrogen-bond acceptors (Lipinski definition) is 0. The molecule has 3 aliphatic carbocycles. The molecule has 1 heteroatoms. The molecule has 0 aliphatic heterocycles. The molecule has 0 nitrogen and oxygen atoms in total. The predicted octanol–water partition coefficient (Wildman–Crippen LogP) is 6.79. The minimum absolute atomic E-state index is 0. The molecule has 0 spiro atoms.